The maximum absolute atomic E-state index is 12.5. The van der Waals surface area contributed by atoms with Gasteiger partial charge in [0.05, 0.1) is 4.91 Å². The number of aryl methyl sites for hydroxylation is 1. The van der Waals surface area contributed by atoms with Crippen LogP contribution in [0.5, 0.6) is 5.75 Å². The number of benzene rings is 2. The van der Waals surface area contributed by atoms with E-state index in [1.54, 1.807) is 24.3 Å². The van der Waals surface area contributed by atoms with Crippen LogP contribution in [0.25, 0.3) is 6.08 Å². The van der Waals surface area contributed by atoms with E-state index in [9.17, 15) is 19.5 Å². The summed E-state index contributed by atoms with van der Waals surface area (Å²) >= 11 is 4.03. The molecule has 1 fully saturated rings. The predicted octanol–water partition coefficient (Wildman–Crippen LogP) is 4.14. The molecule has 3 amide bonds. The van der Waals surface area contributed by atoms with Crippen molar-refractivity contribution >= 4 is 56.5 Å². The van der Waals surface area contributed by atoms with Crippen LogP contribution in [-0.2, 0) is 9.59 Å². The maximum atomic E-state index is 12.5. The lowest BCUT2D eigenvalue weighted by atomic mass is 10.2. The van der Waals surface area contributed by atoms with Crippen molar-refractivity contribution in [3.8, 4) is 5.75 Å². The van der Waals surface area contributed by atoms with E-state index in [1.165, 1.54) is 12.1 Å². The molecular weight excluding hydrogens is 432 g/mol. The number of anilines is 1. The number of halogens is 1. The van der Waals surface area contributed by atoms with Crippen LogP contribution in [-0.4, -0.2) is 33.6 Å². The molecule has 0 unspecified atom stereocenters. The molecule has 8 heteroatoms. The van der Waals surface area contributed by atoms with Crippen LogP contribution in [0.3, 0.4) is 0 Å². The van der Waals surface area contributed by atoms with Gasteiger partial charge in [-0.1, -0.05) is 34.1 Å². The fraction of sp³-hybridized carbons (Fsp3) is 0.105. The van der Waals surface area contributed by atoms with Gasteiger partial charge in [0, 0.05) is 15.7 Å². The van der Waals surface area contributed by atoms with Crippen molar-refractivity contribution in [2.75, 3.05) is 11.9 Å². The molecule has 138 valence electrons. The summed E-state index contributed by atoms with van der Waals surface area (Å²) in [4.78, 5) is 38.0. The Morgan fingerprint density at radius 2 is 2.00 bits per heavy atom. The Morgan fingerprint density at radius 1 is 1.26 bits per heavy atom. The highest BCUT2D eigenvalue weighted by Gasteiger charge is 2.36. The minimum atomic E-state index is -0.565. The summed E-state index contributed by atoms with van der Waals surface area (Å²) in [5, 5.41) is 12.1. The van der Waals surface area contributed by atoms with E-state index < -0.39 is 17.1 Å². The third kappa shape index (κ3) is 4.40. The van der Waals surface area contributed by atoms with Gasteiger partial charge in [-0.05, 0) is 54.6 Å². The second-order valence-corrected chi connectivity index (χ2v) is 7.74. The zero-order valence-electron chi connectivity index (χ0n) is 14.2. The third-order valence-electron chi connectivity index (χ3n) is 3.87. The number of carbonyl (C=O) groups excluding carboxylic acids is 3. The molecule has 0 aliphatic carbocycles. The van der Waals surface area contributed by atoms with Crippen molar-refractivity contribution in [2.24, 2.45) is 0 Å². The average Bonchev–Trinajstić information content (AvgIpc) is 2.87. The third-order valence-corrected chi connectivity index (χ3v) is 5.27. The number of phenols is 1. The van der Waals surface area contributed by atoms with Crippen molar-refractivity contribution in [3.63, 3.8) is 0 Å². The molecule has 0 saturated carbocycles. The van der Waals surface area contributed by atoms with Crippen LogP contribution in [0.2, 0.25) is 0 Å². The van der Waals surface area contributed by atoms with Gasteiger partial charge in [0.1, 0.15) is 12.3 Å². The van der Waals surface area contributed by atoms with Crippen molar-refractivity contribution in [2.45, 2.75) is 6.92 Å². The highest BCUT2D eigenvalue weighted by molar-refractivity contribution is 9.10. The molecule has 1 saturated heterocycles. The molecule has 2 aromatic rings. The molecule has 0 spiro atoms. The standard InChI is InChI=1S/C19H15BrN2O4S/c1-11-4-2-3-5-14(11)21-17(24)10-22-18(25)16(27-19(22)26)9-12-8-13(20)6-7-15(12)23/h2-9,23H,10H2,1H3,(H,21,24)/b16-9-. The second-order valence-electron chi connectivity index (χ2n) is 5.83. The summed E-state index contributed by atoms with van der Waals surface area (Å²) in [5.74, 6) is -1.04. The number of nitrogens with zero attached hydrogens (tertiary/aromatic N) is 1. The van der Waals surface area contributed by atoms with Crippen molar-refractivity contribution in [1.29, 1.82) is 0 Å². The number of phenolic OH excluding ortho intramolecular Hbond substituents is 1. The van der Waals surface area contributed by atoms with Gasteiger partial charge in [-0.2, -0.15) is 0 Å². The first kappa shape index (κ1) is 19.2. The van der Waals surface area contributed by atoms with Crippen molar-refractivity contribution < 1.29 is 19.5 Å². The van der Waals surface area contributed by atoms with Gasteiger partial charge in [-0.3, -0.25) is 19.3 Å². The van der Waals surface area contributed by atoms with E-state index in [4.69, 9.17) is 0 Å². The molecule has 0 aromatic heterocycles. The number of nitrogens with one attached hydrogen (secondary N) is 1. The summed E-state index contributed by atoms with van der Waals surface area (Å²) in [6.07, 6.45) is 1.43. The number of carbonyl (C=O) groups is 3. The minimum Gasteiger partial charge on any atom is -0.507 e. The Bertz CT molecular complexity index is 974. The highest BCUT2D eigenvalue weighted by atomic mass is 79.9. The Morgan fingerprint density at radius 3 is 2.74 bits per heavy atom. The molecular formula is C19H15BrN2O4S. The van der Waals surface area contributed by atoms with E-state index in [0.29, 0.717) is 11.3 Å². The monoisotopic (exact) mass is 446 g/mol. The fourth-order valence-electron chi connectivity index (χ4n) is 2.47. The first-order valence-electron chi connectivity index (χ1n) is 7.94. The van der Waals surface area contributed by atoms with Gasteiger partial charge in [0.15, 0.2) is 0 Å². The molecule has 3 rings (SSSR count). The molecule has 0 atom stereocenters. The quantitative estimate of drug-likeness (QED) is 0.689. The summed E-state index contributed by atoms with van der Waals surface area (Å²) in [5.41, 5.74) is 1.91. The van der Waals surface area contributed by atoms with Crippen molar-refractivity contribution in [1.82, 2.24) is 4.90 Å². The summed E-state index contributed by atoms with van der Waals surface area (Å²) in [6, 6.07) is 12.0. The lowest BCUT2D eigenvalue weighted by Crippen LogP contribution is -2.36. The summed E-state index contributed by atoms with van der Waals surface area (Å²) in [6.45, 7) is 1.48. The molecule has 2 aromatic carbocycles. The number of rotatable bonds is 4. The number of thioether (sulfide) groups is 1. The van der Waals surface area contributed by atoms with Gasteiger partial charge in [0.2, 0.25) is 5.91 Å². The number of para-hydroxylation sites is 1. The molecule has 0 radical (unpaired) electrons. The second kappa shape index (κ2) is 7.98. The molecule has 1 aliphatic heterocycles. The van der Waals surface area contributed by atoms with Gasteiger partial charge < -0.3 is 10.4 Å². The molecule has 0 bridgehead atoms. The Hall–Kier alpha value is -2.58. The average molecular weight is 447 g/mol. The van der Waals surface area contributed by atoms with Crippen LogP contribution in [0.15, 0.2) is 51.8 Å². The minimum absolute atomic E-state index is 0.0118. The number of imide groups is 1. The van der Waals surface area contributed by atoms with E-state index >= 15 is 0 Å². The summed E-state index contributed by atoms with van der Waals surface area (Å²) in [7, 11) is 0. The molecule has 2 N–H and O–H groups in total. The first-order valence-corrected chi connectivity index (χ1v) is 9.55. The number of aromatic hydroxyl groups is 1. The van der Waals surface area contributed by atoms with Gasteiger partial charge in [-0.15, -0.1) is 0 Å². The van der Waals surface area contributed by atoms with Crippen LogP contribution in [0, 0.1) is 6.92 Å². The van der Waals surface area contributed by atoms with Crippen LogP contribution in [0.4, 0.5) is 10.5 Å². The van der Waals surface area contributed by atoms with E-state index in [2.05, 4.69) is 21.2 Å². The van der Waals surface area contributed by atoms with Crippen molar-refractivity contribution in [3.05, 3.63) is 63.0 Å². The zero-order chi connectivity index (χ0) is 19.6. The summed E-state index contributed by atoms with van der Waals surface area (Å²) < 4.78 is 0.725. The Balaban J connectivity index is 1.74. The number of hydrogen-bond donors (Lipinski definition) is 2. The fourth-order valence-corrected chi connectivity index (χ4v) is 3.67. The first-order chi connectivity index (χ1) is 12.8. The van der Waals surface area contributed by atoms with Gasteiger partial charge in [0.25, 0.3) is 11.1 Å². The van der Waals surface area contributed by atoms with Crippen LogP contribution < -0.4 is 5.32 Å². The largest absolute Gasteiger partial charge is 0.507 e. The van der Waals surface area contributed by atoms with Gasteiger partial charge >= 0.3 is 0 Å². The van der Waals surface area contributed by atoms with Crippen LogP contribution in [0.1, 0.15) is 11.1 Å². The molecule has 6 nitrogen and oxygen atoms in total. The lowest BCUT2D eigenvalue weighted by molar-refractivity contribution is -0.127. The SMILES string of the molecule is Cc1ccccc1NC(=O)CN1C(=O)S/C(=C\c2cc(Br)ccc2O)C1=O. The topological polar surface area (TPSA) is 86.7 Å². The van der Waals surface area contributed by atoms with E-state index in [0.717, 1.165) is 26.7 Å². The molecule has 27 heavy (non-hydrogen) atoms. The normalized spacial score (nSPS) is 15.5. The Labute approximate surface area is 168 Å². The predicted molar refractivity (Wildman–Crippen MR) is 108 cm³/mol. The Kier molecular flexibility index (Phi) is 5.67. The highest BCUT2D eigenvalue weighted by Crippen LogP contribution is 2.34. The molecule has 1 heterocycles. The maximum Gasteiger partial charge on any atom is 0.294 e. The van der Waals surface area contributed by atoms with E-state index in [-0.39, 0.29) is 17.2 Å². The zero-order valence-corrected chi connectivity index (χ0v) is 16.6. The smallest absolute Gasteiger partial charge is 0.294 e. The number of amides is 3. The van der Waals surface area contributed by atoms with Gasteiger partial charge in [-0.25, -0.2) is 0 Å². The molecule has 1 aliphatic rings. The number of hydrogen-bond acceptors (Lipinski definition) is 5. The lowest BCUT2D eigenvalue weighted by Gasteiger charge is -2.13. The van der Waals surface area contributed by atoms with Crippen LogP contribution >= 0.6 is 27.7 Å². The van der Waals surface area contributed by atoms with E-state index in [1.807, 2.05) is 19.1 Å².